The van der Waals surface area contributed by atoms with E-state index in [9.17, 15) is 4.79 Å². The van der Waals surface area contributed by atoms with E-state index in [1.807, 2.05) is 24.3 Å². The van der Waals surface area contributed by atoms with E-state index < -0.39 is 0 Å². The highest BCUT2D eigenvalue weighted by atomic mass is 32.2. The second-order valence-corrected chi connectivity index (χ2v) is 5.97. The van der Waals surface area contributed by atoms with Gasteiger partial charge in [-0.2, -0.15) is 5.10 Å². The molecule has 1 aromatic heterocycles. The molecule has 2 heterocycles. The van der Waals surface area contributed by atoms with Gasteiger partial charge in [0.1, 0.15) is 6.33 Å². The van der Waals surface area contributed by atoms with E-state index in [2.05, 4.69) is 25.8 Å². The number of H-pyrrole nitrogens is 1. The summed E-state index contributed by atoms with van der Waals surface area (Å²) in [5, 5.41) is 13.5. The Bertz CT molecular complexity index is 578. The molecule has 1 aliphatic rings. The molecule has 2 aromatic rings. The molecule has 0 saturated carbocycles. The first-order chi connectivity index (χ1) is 10.3. The molecule has 1 aromatic carbocycles. The normalized spacial score (nSPS) is 18.4. The van der Waals surface area contributed by atoms with Gasteiger partial charge in [-0.1, -0.05) is 18.2 Å². The lowest BCUT2D eigenvalue weighted by Crippen LogP contribution is -2.43. The molecular formula is C14H17N5OS. The first kappa shape index (κ1) is 14.1. The van der Waals surface area contributed by atoms with Crippen LogP contribution in [-0.4, -0.2) is 33.7 Å². The molecule has 21 heavy (non-hydrogen) atoms. The van der Waals surface area contributed by atoms with Crippen molar-refractivity contribution in [2.75, 3.05) is 11.9 Å². The lowest BCUT2D eigenvalue weighted by molar-refractivity contribution is -0.118. The summed E-state index contributed by atoms with van der Waals surface area (Å²) >= 11 is 1.50. The smallest absolute Gasteiger partial charge is 0.241 e. The van der Waals surface area contributed by atoms with Gasteiger partial charge in [0.05, 0.1) is 6.04 Å². The Morgan fingerprint density at radius 3 is 2.81 bits per heavy atom. The number of hydrogen-bond acceptors (Lipinski definition) is 5. The van der Waals surface area contributed by atoms with Gasteiger partial charge in [-0.15, -0.1) is 0 Å². The number of aromatic nitrogens is 3. The van der Waals surface area contributed by atoms with E-state index in [4.69, 9.17) is 0 Å². The Kier molecular flexibility index (Phi) is 4.52. The molecule has 0 bridgehead atoms. The summed E-state index contributed by atoms with van der Waals surface area (Å²) in [7, 11) is 0. The van der Waals surface area contributed by atoms with E-state index in [1.165, 1.54) is 18.1 Å². The van der Waals surface area contributed by atoms with Crippen LogP contribution in [0.2, 0.25) is 0 Å². The zero-order chi connectivity index (χ0) is 14.5. The number of anilines is 1. The van der Waals surface area contributed by atoms with Crippen LogP contribution in [0.15, 0.2) is 40.6 Å². The SMILES string of the molecule is O=C(Nc1ccc(Sc2ncn[nH]2)cc1)[C@H]1CCCCN1. The number of nitrogens with zero attached hydrogens (tertiary/aromatic N) is 2. The number of rotatable bonds is 4. The van der Waals surface area contributed by atoms with Crippen molar-refractivity contribution in [1.82, 2.24) is 20.5 Å². The second-order valence-electron chi connectivity index (χ2n) is 4.91. The Morgan fingerprint density at radius 2 is 2.14 bits per heavy atom. The largest absolute Gasteiger partial charge is 0.325 e. The number of carbonyl (C=O) groups excluding carboxylic acids is 1. The number of benzene rings is 1. The van der Waals surface area contributed by atoms with Gasteiger partial charge >= 0.3 is 0 Å². The lowest BCUT2D eigenvalue weighted by Gasteiger charge is -2.22. The minimum atomic E-state index is -0.0676. The molecule has 0 unspecified atom stereocenters. The van der Waals surface area contributed by atoms with E-state index in [0.717, 1.165) is 41.5 Å². The van der Waals surface area contributed by atoms with Gasteiger partial charge in [0.25, 0.3) is 0 Å². The fourth-order valence-electron chi connectivity index (χ4n) is 2.27. The van der Waals surface area contributed by atoms with Gasteiger partial charge in [-0.05, 0) is 43.7 Å². The lowest BCUT2D eigenvalue weighted by atomic mass is 10.0. The van der Waals surface area contributed by atoms with Crippen LogP contribution in [0.3, 0.4) is 0 Å². The molecule has 3 N–H and O–H groups in total. The highest BCUT2D eigenvalue weighted by Gasteiger charge is 2.20. The maximum atomic E-state index is 12.1. The third kappa shape index (κ3) is 3.83. The summed E-state index contributed by atoms with van der Waals surface area (Å²) in [4.78, 5) is 17.2. The van der Waals surface area contributed by atoms with Crippen LogP contribution in [0.5, 0.6) is 0 Å². The van der Waals surface area contributed by atoms with Gasteiger partial charge in [0, 0.05) is 10.6 Å². The fraction of sp³-hybridized carbons (Fsp3) is 0.357. The topological polar surface area (TPSA) is 82.7 Å². The number of nitrogens with one attached hydrogen (secondary N) is 3. The quantitative estimate of drug-likeness (QED) is 0.805. The van der Waals surface area contributed by atoms with Gasteiger partial charge in [0.2, 0.25) is 5.91 Å². The Morgan fingerprint density at radius 1 is 1.29 bits per heavy atom. The zero-order valence-corrected chi connectivity index (χ0v) is 12.3. The molecule has 6 nitrogen and oxygen atoms in total. The van der Waals surface area contributed by atoms with Crippen molar-refractivity contribution in [3.05, 3.63) is 30.6 Å². The number of hydrogen-bond donors (Lipinski definition) is 3. The summed E-state index contributed by atoms with van der Waals surface area (Å²) in [6.45, 7) is 0.921. The van der Waals surface area contributed by atoms with Gasteiger partial charge in [-0.25, -0.2) is 4.98 Å². The summed E-state index contributed by atoms with van der Waals surface area (Å²) in [6, 6.07) is 7.65. The summed E-state index contributed by atoms with van der Waals surface area (Å²) in [5.41, 5.74) is 0.814. The van der Waals surface area contributed by atoms with Crippen molar-refractivity contribution in [2.24, 2.45) is 0 Å². The third-order valence-corrected chi connectivity index (χ3v) is 4.25. The van der Waals surface area contributed by atoms with E-state index in [-0.39, 0.29) is 11.9 Å². The van der Waals surface area contributed by atoms with Crippen LogP contribution in [0.4, 0.5) is 5.69 Å². The van der Waals surface area contributed by atoms with Gasteiger partial charge in [0.15, 0.2) is 5.16 Å². The first-order valence-corrected chi connectivity index (χ1v) is 7.80. The summed E-state index contributed by atoms with van der Waals surface area (Å²) < 4.78 is 0. The minimum Gasteiger partial charge on any atom is -0.325 e. The average Bonchev–Trinajstić information content (AvgIpc) is 3.03. The van der Waals surface area contributed by atoms with Gasteiger partial charge in [-0.3, -0.25) is 9.89 Å². The molecular weight excluding hydrogens is 286 g/mol. The molecule has 1 atom stereocenters. The fourth-order valence-corrected chi connectivity index (χ4v) is 2.96. The number of carbonyl (C=O) groups is 1. The number of aromatic amines is 1. The number of amides is 1. The van der Waals surface area contributed by atoms with Gasteiger partial charge < -0.3 is 10.6 Å². The van der Waals surface area contributed by atoms with Crippen LogP contribution < -0.4 is 10.6 Å². The first-order valence-electron chi connectivity index (χ1n) is 6.99. The molecule has 110 valence electrons. The molecule has 3 rings (SSSR count). The Balaban J connectivity index is 1.57. The molecule has 0 radical (unpaired) electrons. The second kappa shape index (κ2) is 6.73. The van der Waals surface area contributed by atoms with Crippen LogP contribution >= 0.6 is 11.8 Å². The van der Waals surface area contributed by atoms with Crippen LogP contribution in [0, 0.1) is 0 Å². The summed E-state index contributed by atoms with van der Waals surface area (Å²) in [5.74, 6) is 0.0466. The molecule has 1 saturated heterocycles. The van der Waals surface area contributed by atoms with Crippen LogP contribution in [0.1, 0.15) is 19.3 Å². The van der Waals surface area contributed by atoms with Crippen LogP contribution in [-0.2, 0) is 4.79 Å². The predicted octanol–water partition coefficient (Wildman–Crippen LogP) is 2.04. The van der Waals surface area contributed by atoms with Crippen molar-refractivity contribution < 1.29 is 4.79 Å². The van der Waals surface area contributed by atoms with Crippen molar-refractivity contribution in [1.29, 1.82) is 0 Å². The van der Waals surface area contributed by atoms with E-state index >= 15 is 0 Å². The standard InChI is InChI=1S/C14H17N5OS/c20-13(12-3-1-2-8-15-12)18-10-4-6-11(7-5-10)21-14-16-9-17-19-14/h4-7,9,12,15H,1-3,8H2,(H,18,20)(H,16,17,19)/t12-/m1/s1. The highest BCUT2D eigenvalue weighted by Crippen LogP contribution is 2.25. The maximum Gasteiger partial charge on any atom is 0.241 e. The number of piperidine rings is 1. The molecule has 7 heteroatoms. The average molecular weight is 303 g/mol. The van der Waals surface area contributed by atoms with E-state index in [1.54, 1.807) is 0 Å². The molecule has 0 spiro atoms. The zero-order valence-electron chi connectivity index (χ0n) is 11.5. The minimum absolute atomic E-state index is 0.0466. The van der Waals surface area contributed by atoms with Crippen LogP contribution in [0.25, 0.3) is 0 Å². The molecule has 1 amide bonds. The maximum absolute atomic E-state index is 12.1. The van der Waals surface area contributed by atoms with Crippen molar-refractivity contribution in [2.45, 2.75) is 35.4 Å². The van der Waals surface area contributed by atoms with Crippen molar-refractivity contribution in [3.63, 3.8) is 0 Å². The van der Waals surface area contributed by atoms with Crippen molar-refractivity contribution >= 4 is 23.4 Å². The third-order valence-electron chi connectivity index (χ3n) is 3.36. The molecule has 1 fully saturated rings. The monoisotopic (exact) mass is 303 g/mol. The van der Waals surface area contributed by atoms with Crippen molar-refractivity contribution in [3.8, 4) is 0 Å². The Labute approximate surface area is 127 Å². The molecule has 0 aliphatic carbocycles. The molecule has 1 aliphatic heterocycles. The highest BCUT2D eigenvalue weighted by molar-refractivity contribution is 7.99. The predicted molar refractivity (Wildman–Crippen MR) is 81.2 cm³/mol. The van der Waals surface area contributed by atoms with E-state index in [0.29, 0.717) is 0 Å². The summed E-state index contributed by atoms with van der Waals surface area (Å²) in [6.07, 6.45) is 4.65. The Hall–Kier alpha value is -1.86.